The second kappa shape index (κ2) is 13.4. The average Bonchev–Trinajstić information content (AvgIpc) is 2.93. The van der Waals surface area contributed by atoms with Crippen LogP contribution in [-0.4, -0.2) is 64.9 Å². The summed E-state index contributed by atoms with van der Waals surface area (Å²) in [6, 6.07) is 3.23. The SMILES string of the molecule is CCO[Si](C)(CCCNc1cc(O)n(CCC[Si](C)(OCC)OCC)c1O)OCC. The Bertz CT molecular complexity index is 602. The monoisotopic (exact) mass is 462 g/mol. The lowest BCUT2D eigenvalue weighted by atomic mass is 10.4. The Morgan fingerprint density at radius 3 is 1.77 bits per heavy atom. The first kappa shape index (κ1) is 27.0. The van der Waals surface area contributed by atoms with Crippen molar-refractivity contribution in [2.45, 2.75) is 72.3 Å². The fourth-order valence-electron chi connectivity index (χ4n) is 3.66. The summed E-state index contributed by atoms with van der Waals surface area (Å²) in [4.78, 5) is 0. The molecular weight excluding hydrogens is 420 g/mol. The van der Waals surface area contributed by atoms with E-state index < -0.39 is 17.1 Å². The van der Waals surface area contributed by atoms with Crippen LogP contribution >= 0.6 is 0 Å². The molecule has 30 heavy (non-hydrogen) atoms. The summed E-state index contributed by atoms with van der Waals surface area (Å²) >= 11 is 0. The van der Waals surface area contributed by atoms with E-state index in [-0.39, 0.29) is 11.8 Å². The summed E-state index contributed by atoms with van der Waals surface area (Å²) in [5.74, 6) is 0.104. The molecule has 0 amide bonds. The summed E-state index contributed by atoms with van der Waals surface area (Å²) in [5, 5.41) is 24.0. The van der Waals surface area contributed by atoms with E-state index in [1.54, 1.807) is 6.07 Å². The van der Waals surface area contributed by atoms with Crippen molar-refractivity contribution in [1.29, 1.82) is 0 Å². The maximum atomic E-state index is 10.5. The molecule has 1 rings (SSSR count). The summed E-state index contributed by atoms with van der Waals surface area (Å²) in [6.45, 7) is 15.8. The normalized spacial score (nSPS) is 12.5. The van der Waals surface area contributed by atoms with Gasteiger partial charge in [-0.1, -0.05) is 0 Å². The molecule has 0 aromatic carbocycles. The number of anilines is 1. The van der Waals surface area contributed by atoms with E-state index in [2.05, 4.69) is 18.4 Å². The van der Waals surface area contributed by atoms with Crippen LogP contribution < -0.4 is 5.32 Å². The van der Waals surface area contributed by atoms with Crippen LogP contribution in [0.2, 0.25) is 25.2 Å². The topological polar surface area (TPSA) is 94.3 Å². The highest BCUT2D eigenvalue weighted by Gasteiger charge is 2.31. The highest BCUT2D eigenvalue weighted by atomic mass is 28.4. The number of hydrogen-bond donors (Lipinski definition) is 3. The van der Waals surface area contributed by atoms with Gasteiger partial charge in [0.25, 0.3) is 0 Å². The number of aromatic nitrogens is 1. The summed E-state index contributed by atoms with van der Waals surface area (Å²) < 4.78 is 24.9. The number of hydrogen-bond acceptors (Lipinski definition) is 7. The fourth-order valence-corrected chi connectivity index (χ4v) is 8.47. The lowest BCUT2D eigenvalue weighted by Gasteiger charge is -2.26. The van der Waals surface area contributed by atoms with Gasteiger partial charge in [-0.3, -0.25) is 4.57 Å². The molecule has 0 fully saturated rings. The molecule has 0 atom stereocenters. The molecule has 1 aromatic heterocycles. The van der Waals surface area contributed by atoms with Crippen LogP contribution in [0.15, 0.2) is 6.07 Å². The summed E-state index contributed by atoms with van der Waals surface area (Å²) in [6.07, 6.45) is 1.62. The predicted octanol–water partition coefficient (Wildman–Crippen LogP) is 4.38. The smallest absolute Gasteiger partial charge is 0.334 e. The van der Waals surface area contributed by atoms with E-state index in [4.69, 9.17) is 17.7 Å². The van der Waals surface area contributed by atoms with Crippen LogP contribution in [-0.2, 0) is 24.2 Å². The summed E-state index contributed by atoms with van der Waals surface area (Å²) in [7, 11) is -4.33. The molecule has 176 valence electrons. The van der Waals surface area contributed by atoms with Gasteiger partial charge in [-0.25, -0.2) is 0 Å². The van der Waals surface area contributed by atoms with Crippen molar-refractivity contribution in [3.8, 4) is 11.8 Å². The van der Waals surface area contributed by atoms with Crippen molar-refractivity contribution in [2.24, 2.45) is 0 Å². The molecule has 8 nitrogen and oxygen atoms in total. The van der Waals surface area contributed by atoms with Crippen molar-refractivity contribution in [2.75, 3.05) is 38.3 Å². The van der Waals surface area contributed by atoms with Crippen molar-refractivity contribution in [3.05, 3.63) is 6.07 Å². The molecular formula is C20H42N2O6Si2. The van der Waals surface area contributed by atoms with Crippen molar-refractivity contribution in [1.82, 2.24) is 4.57 Å². The molecule has 0 unspecified atom stereocenters. The van der Waals surface area contributed by atoms with Crippen LogP contribution in [0, 0.1) is 0 Å². The third kappa shape index (κ3) is 8.60. The van der Waals surface area contributed by atoms with Gasteiger partial charge in [0.1, 0.15) is 5.69 Å². The lowest BCUT2D eigenvalue weighted by Crippen LogP contribution is -2.39. The minimum atomic E-state index is -2.20. The maximum Gasteiger partial charge on any atom is 0.334 e. The number of aromatic hydroxyl groups is 2. The largest absolute Gasteiger partial charge is 0.494 e. The van der Waals surface area contributed by atoms with Crippen LogP contribution in [0.5, 0.6) is 11.8 Å². The van der Waals surface area contributed by atoms with Crippen LogP contribution in [0.1, 0.15) is 40.5 Å². The highest BCUT2D eigenvalue weighted by Crippen LogP contribution is 2.33. The standard InChI is InChI=1S/C20H42N2O6Si2/c1-7-25-29(5,26-8-2)15-11-13-21-18-17-19(23)22(20(18)24)14-12-16-30(6,27-9-3)28-10-4/h17,21,23-24H,7-16H2,1-6H3. The Kier molecular flexibility index (Phi) is 12.0. The van der Waals surface area contributed by atoms with Crippen molar-refractivity contribution in [3.63, 3.8) is 0 Å². The average molecular weight is 463 g/mol. The Morgan fingerprint density at radius 1 is 0.833 bits per heavy atom. The van der Waals surface area contributed by atoms with E-state index in [0.29, 0.717) is 45.2 Å². The van der Waals surface area contributed by atoms with Crippen molar-refractivity contribution < 1.29 is 27.9 Å². The summed E-state index contributed by atoms with van der Waals surface area (Å²) in [5.41, 5.74) is 0.540. The quantitative estimate of drug-likeness (QED) is 0.234. The Labute approximate surface area is 184 Å². The van der Waals surface area contributed by atoms with Gasteiger partial charge < -0.3 is 33.2 Å². The van der Waals surface area contributed by atoms with E-state index >= 15 is 0 Å². The first-order valence-corrected chi connectivity index (χ1v) is 16.2. The second-order valence-electron chi connectivity index (χ2n) is 7.53. The van der Waals surface area contributed by atoms with E-state index in [1.807, 2.05) is 27.7 Å². The highest BCUT2D eigenvalue weighted by molar-refractivity contribution is 6.66. The van der Waals surface area contributed by atoms with Gasteiger partial charge in [-0.2, -0.15) is 0 Å². The van der Waals surface area contributed by atoms with Gasteiger partial charge in [0.05, 0.1) is 0 Å². The molecule has 0 aliphatic carbocycles. The van der Waals surface area contributed by atoms with Gasteiger partial charge >= 0.3 is 17.1 Å². The van der Waals surface area contributed by atoms with E-state index in [1.165, 1.54) is 4.57 Å². The van der Waals surface area contributed by atoms with Gasteiger partial charge in [0, 0.05) is 45.6 Å². The van der Waals surface area contributed by atoms with Gasteiger partial charge in [-0.15, -0.1) is 0 Å². The molecule has 0 spiro atoms. The van der Waals surface area contributed by atoms with Crippen molar-refractivity contribution >= 4 is 22.8 Å². The molecule has 0 aliphatic rings. The van der Waals surface area contributed by atoms with Gasteiger partial charge in [0.2, 0.25) is 5.88 Å². The first-order valence-electron chi connectivity index (χ1n) is 11.1. The third-order valence-electron chi connectivity index (χ3n) is 4.98. The molecule has 10 heteroatoms. The molecule has 0 saturated carbocycles. The van der Waals surface area contributed by atoms with E-state index in [9.17, 15) is 10.2 Å². The number of nitrogens with one attached hydrogen (secondary N) is 1. The van der Waals surface area contributed by atoms with Crippen LogP contribution in [0.3, 0.4) is 0 Å². The third-order valence-corrected chi connectivity index (χ3v) is 11.1. The van der Waals surface area contributed by atoms with Gasteiger partial charge in [0.15, 0.2) is 5.88 Å². The van der Waals surface area contributed by atoms with Gasteiger partial charge in [-0.05, 0) is 65.7 Å². The second-order valence-corrected chi connectivity index (χ2v) is 14.2. The molecule has 0 saturated heterocycles. The maximum absolute atomic E-state index is 10.5. The van der Waals surface area contributed by atoms with Crippen LogP contribution in [0.4, 0.5) is 5.69 Å². The Balaban J connectivity index is 2.57. The number of rotatable bonds is 17. The zero-order valence-corrected chi connectivity index (χ0v) is 21.6. The zero-order valence-electron chi connectivity index (χ0n) is 19.6. The molecule has 0 aliphatic heterocycles. The first-order chi connectivity index (χ1) is 14.2. The molecule has 1 aromatic rings. The van der Waals surface area contributed by atoms with Crippen LogP contribution in [0.25, 0.3) is 0 Å². The Morgan fingerprint density at radius 2 is 1.30 bits per heavy atom. The minimum Gasteiger partial charge on any atom is -0.494 e. The Hall–Kier alpha value is -1.05. The minimum absolute atomic E-state index is 0.0500. The number of nitrogens with zero attached hydrogens (tertiary/aromatic N) is 1. The molecule has 3 N–H and O–H groups in total. The lowest BCUT2D eigenvalue weighted by molar-refractivity contribution is 0.187. The molecule has 0 bridgehead atoms. The molecule has 0 radical (unpaired) electrons. The van der Waals surface area contributed by atoms with E-state index in [0.717, 1.165) is 24.9 Å². The zero-order chi connectivity index (χ0) is 22.6. The molecule has 1 heterocycles. The predicted molar refractivity (Wildman–Crippen MR) is 125 cm³/mol. The fraction of sp³-hybridized carbons (Fsp3) is 0.800.